The van der Waals surface area contributed by atoms with Crippen molar-refractivity contribution in [3.05, 3.63) is 29.6 Å². The van der Waals surface area contributed by atoms with Crippen LogP contribution in [0.1, 0.15) is 21.0 Å². The number of nitrogens with two attached hydrogens (primary N) is 1. The van der Waals surface area contributed by atoms with Gasteiger partial charge >= 0.3 is 11.9 Å². The van der Waals surface area contributed by atoms with Gasteiger partial charge in [0.05, 0.1) is 12.6 Å². The Morgan fingerprint density at radius 3 is 2.67 bits per heavy atom. The molecule has 0 saturated heterocycles. The molecule has 2 heterocycles. The van der Waals surface area contributed by atoms with Crippen LogP contribution in [0.3, 0.4) is 0 Å². The number of fused-ring (bicyclic) bond motifs is 3. The van der Waals surface area contributed by atoms with Crippen molar-refractivity contribution in [2.24, 2.45) is 0 Å². The monoisotopic (exact) mass is 286 g/mol. The van der Waals surface area contributed by atoms with Crippen molar-refractivity contribution in [2.75, 3.05) is 12.8 Å². The van der Waals surface area contributed by atoms with Crippen LogP contribution in [0.4, 0.5) is 5.69 Å². The largest absolute Gasteiger partial charge is 0.476 e. The van der Waals surface area contributed by atoms with Gasteiger partial charge in [-0.25, -0.2) is 9.59 Å². The Labute approximate surface area is 117 Å². The number of carboxylic acid groups (broad SMARTS) is 1. The first kappa shape index (κ1) is 12.9. The normalized spacial score (nSPS) is 10.9. The van der Waals surface area contributed by atoms with Gasteiger partial charge in [0.1, 0.15) is 0 Å². The quantitative estimate of drug-likeness (QED) is 0.476. The molecule has 0 bridgehead atoms. The Bertz CT molecular complexity index is 900. The highest BCUT2D eigenvalue weighted by Gasteiger charge is 2.23. The molecule has 0 unspecified atom stereocenters. The standard InChI is InChI=1S/C13H10N4O4/c1-21-13(20)11-9-8(10(12(18)19)16-17-11)6-4-5(14)2-3-7(6)15-9/h2-4,15H,14H2,1H3,(H,18,19). The topological polar surface area (TPSA) is 131 Å². The Morgan fingerprint density at radius 2 is 2.00 bits per heavy atom. The van der Waals surface area contributed by atoms with Crippen molar-refractivity contribution in [3.8, 4) is 0 Å². The van der Waals surface area contributed by atoms with Gasteiger partial charge < -0.3 is 20.6 Å². The average molecular weight is 286 g/mol. The van der Waals surface area contributed by atoms with Crippen molar-refractivity contribution in [1.29, 1.82) is 0 Å². The van der Waals surface area contributed by atoms with Crippen LogP contribution < -0.4 is 5.73 Å². The highest BCUT2D eigenvalue weighted by Crippen LogP contribution is 2.30. The minimum Gasteiger partial charge on any atom is -0.476 e. The van der Waals surface area contributed by atoms with Crippen LogP contribution in [0, 0.1) is 0 Å². The van der Waals surface area contributed by atoms with Crippen LogP contribution in [0.2, 0.25) is 0 Å². The summed E-state index contributed by atoms with van der Waals surface area (Å²) in [5.74, 6) is -1.95. The molecule has 106 valence electrons. The molecule has 2 aromatic heterocycles. The van der Waals surface area contributed by atoms with Crippen molar-refractivity contribution in [3.63, 3.8) is 0 Å². The van der Waals surface area contributed by atoms with Gasteiger partial charge in [-0.15, -0.1) is 10.2 Å². The number of hydrogen-bond acceptors (Lipinski definition) is 6. The number of carbonyl (C=O) groups is 2. The van der Waals surface area contributed by atoms with Crippen molar-refractivity contribution in [1.82, 2.24) is 15.2 Å². The predicted octanol–water partition coefficient (Wildman–Crippen LogP) is 1.18. The molecular weight excluding hydrogens is 276 g/mol. The summed E-state index contributed by atoms with van der Waals surface area (Å²) in [5.41, 5.74) is 6.76. The first-order valence-corrected chi connectivity index (χ1v) is 5.92. The Kier molecular flexibility index (Phi) is 2.72. The van der Waals surface area contributed by atoms with Gasteiger partial charge in [0, 0.05) is 22.0 Å². The van der Waals surface area contributed by atoms with Gasteiger partial charge in [0.2, 0.25) is 0 Å². The molecule has 0 radical (unpaired) electrons. The second-order valence-corrected chi connectivity index (χ2v) is 4.37. The zero-order chi connectivity index (χ0) is 15.1. The summed E-state index contributed by atoms with van der Waals surface area (Å²) in [4.78, 5) is 26.0. The number of aromatic nitrogens is 3. The second kappa shape index (κ2) is 4.44. The van der Waals surface area contributed by atoms with E-state index in [1.165, 1.54) is 7.11 Å². The number of rotatable bonds is 2. The molecule has 1 aromatic carbocycles. The average Bonchev–Trinajstić information content (AvgIpc) is 2.84. The summed E-state index contributed by atoms with van der Waals surface area (Å²) in [7, 11) is 1.21. The summed E-state index contributed by atoms with van der Waals surface area (Å²) >= 11 is 0. The molecule has 0 aliphatic carbocycles. The van der Waals surface area contributed by atoms with E-state index in [-0.39, 0.29) is 22.3 Å². The number of ether oxygens (including phenoxy) is 1. The van der Waals surface area contributed by atoms with E-state index in [1.54, 1.807) is 18.2 Å². The molecule has 0 saturated carbocycles. The zero-order valence-electron chi connectivity index (χ0n) is 10.9. The third kappa shape index (κ3) is 1.84. The highest BCUT2D eigenvalue weighted by atomic mass is 16.5. The van der Waals surface area contributed by atoms with E-state index in [4.69, 9.17) is 5.73 Å². The maximum absolute atomic E-state index is 11.7. The van der Waals surface area contributed by atoms with Gasteiger partial charge in [-0.05, 0) is 18.2 Å². The Balaban J connectivity index is 2.52. The van der Waals surface area contributed by atoms with Gasteiger partial charge in [-0.2, -0.15) is 0 Å². The lowest BCUT2D eigenvalue weighted by Crippen LogP contribution is -2.11. The van der Waals surface area contributed by atoms with E-state index in [9.17, 15) is 14.7 Å². The van der Waals surface area contributed by atoms with E-state index >= 15 is 0 Å². The molecule has 0 aliphatic heterocycles. The molecule has 8 nitrogen and oxygen atoms in total. The van der Waals surface area contributed by atoms with Crippen LogP contribution in [0.15, 0.2) is 18.2 Å². The fourth-order valence-electron chi connectivity index (χ4n) is 2.22. The number of nitrogens with zero attached hydrogens (tertiary/aromatic N) is 2. The summed E-state index contributed by atoms with van der Waals surface area (Å²) < 4.78 is 4.63. The molecule has 0 atom stereocenters. The van der Waals surface area contributed by atoms with E-state index in [1.807, 2.05) is 0 Å². The number of benzene rings is 1. The summed E-state index contributed by atoms with van der Waals surface area (Å²) in [6, 6.07) is 4.97. The third-order valence-electron chi connectivity index (χ3n) is 3.13. The minimum absolute atomic E-state index is 0.0766. The first-order valence-electron chi connectivity index (χ1n) is 5.92. The smallest absolute Gasteiger partial charge is 0.360 e. The fraction of sp³-hybridized carbons (Fsp3) is 0.0769. The molecule has 4 N–H and O–H groups in total. The van der Waals surface area contributed by atoms with Crippen LogP contribution in [0.5, 0.6) is 0 Å². The number of methoxy groups -OCH3 is 1. The number of nitrogens with one attached hydrogen (secondary N) is 1. The summed E-state index contributed by atoms with van der Waals surface area (Å²) in [5, 5.41) is 17.4. The summed E-state index contributed by atoms with van der Waals surface area (Å²) in [6.45, 7) is 0. The van der Waals surface area contributed by atoms with E-state index < -0.39 is 11.9 Å². The number of hydrogen-bond donors (Lipinski definition) is 3. The molecule has 3 rings (SSSR count). The number of nitrogen functional groups attached to an aromatic ring is 1. The second-order valence-electron chi connectivity index (χ2n) is 4.37. The highest BCUT2D eigenvalue weighted by molar-refractivity contribution is 6.19. The zero-order valence-corrected chi connectivity index (χ0v) is 10.9. The lowest BCUT2D eigenvalue weighted by Gasteiger charge is -2.01. The SMILES string of the molecule is COC(=O)c1nnc(C(=O)O)c2c1[nH]c1ccc(N)cc12. The first-order chi connectivity index (χ1) is 10.0. The fourth-order valence-corrected chi connectivity index (χ4v) is 2.22. The third-order valence-corrected chi connectivity index (χ3v) is 3.13. The molecule has 0 spiro atoms. The predicted molar refractivity (Wildman–Crippen MR) is 74.1 cm³/mol. The minimum atomic E-state index is -1.24. The van der Waals surface area contributed by atoms with Gasteiger partial charge in [-0.1, -0.05) is 0 Å². The number of carboxylic acids is 1. The molecular formula is C13H10N4O4. The molecule has 3 aromatic rings. The van der Waals surface area contributed by atoms with Crippen molar-refractivity contribution >= 4 is 39.4 Å². The number of H-pyrrole nitrogens is 1. The molecule has 0 aliphatic rings. The summed E-state index contributed by atoms with van der Waals surface area (Å²) in [6.07, 6.45) is 0. The molecule has 0 amide bonds. The maximum atomic E-state index is 11.7. The Hall–Kier alpha value is -3.16. The van der Waals surface area contributed by atoms with Crippen LogP contribution >= 0.6 is 0 Å². The number of esters is 1. The molecule has 0 fully saturated rings. The molecule has 8 heteroatoms. The Morgan fingerprint density at radius 1 is 1.29 bits per heavy atom. The van der Waals surface area contributed by atoms with E-state index in [0.717, 1.165) is 0 Å². The number of anilines is 1. The van der Waals surface area contributed by atoms with Crippen LogP contribution in [-0.4, -0.2) is 39.3 Å². The van der Waals surface area contributed by atoms with E-state index in [2.05, 4.69) is 19.9 Å². The van der Waals surface area contributed by atoms with Gasteiger partial charge in [0.15, 0.2) is 11.4 Å². The van der Waals surface area contributed by atoms with Crippen molar-refractivity contribution in [2.45, 2.75) is 0 Å². The van der Waals surface area contributed by atoms with Crippen LogP contribution in [-0.2, 0) is 4.74 Å². The number of carbonyl (C=O) groups excluding carboxylic acids is 1. The lowest BCUT2D eigenvalue weighted by atomic mass is 10.1. The van der Waals surface area contributed by atoms with Crippen LogP contribution in [0.25, 0.3) is 21.8 Å². The van der Waals surface area contributed by atoms with Gasteiger partial charge in [-0.3, -0.25) is 0 Å². The van der Waals surface area contributed by atoms with E-state index in [0.29, 0.717) is 16.6 Å². The molecule has 21 heavy (non-hydrogen) atoms. The number of aromatic carboxylic acids is 1. The van der Waals surface area contributed by atoms with Crippen molar-refractivity contribution < 1.29 is 19.4 Å². The number of aromatic amines is 1. The maximum Gasteiger partial charge on any atom is 0.360 e. The van der Waals surface area contributed by atoms with Gasteiger partial charge in [0.25, 0.3) is 0 Å². The lowest BCUT2D eigenvalue weighted by molar-refractivity contribution is 0.0591.